The predicted octanol–water partition coefficient (Wildman–Crippen LogP) is 3.86. The molecule has 3 N–H and O–H groups in total. The van der Waals surface area contributed by atoms with Crippen molar-refractivity contribution in [1.82, 2.24) is 14.5 Å². The Morgan fingerprint density at radius 2 is 2.06 bits per heavy atom. The molecule has 1 saturated carbocycles. The van der Waals surface area contributed by atoms with Crippen LogP contribution in [0.2, 0.25) is 5.02 Å². The summed E-state index contributed by atoms with van der Waals surface area (Å²) >= 11 is 6.43. The third-order valence-corrected chi connectivity index (χ3v) is 6.99. The minimum atomic E-state index is -0.250. The van der Waals surface area contributed by atoms with E-state index in [1.807, 2.05) is 18.2 Å². The number of anilines is 4. The van der Waals surface area contributed by atoms with E-state index in [2.05, 4.69) is 32.4 Å². The fourth-order valence-electron chi connectivity index (χ4n) is 4.41. The Bertz CT molecular complexity index is 1300. The molecule has 1 aliphatic heterocycles. The summed E-state index contributed by atoms with van der Waals surface area (Å²) in [5.74, 6) is 1.86. The van der Waals surface area contributed by atoms with Crippen molar-refractivity contribution in [3.63, 3.8) is 0 Å². The SMILES string of the molecule is COCC1CCN1c1ncc(Cl)c(Nc2ccc3c(c2)c(N[C@H](C)C2CC2)cc(=O)n3C)n1.O=CO. The molecule has 1 unspecified atom stereocenters. The van der Waals surface area contributed by atoms with Crippen molar-refractivity contribution in [2.45, 2.75) is 38.3 Å². The molecule has 2 aliphatic rings. The summed E-state index contributed by atoms with van der Waals surface area (Å²) in [6, 6.07) is 8.21. The number of halogens is 1. The number of hydrogen-bond acceptors (Lipinski definition) is 8. The van der Waals surface area contributed by atoms with Gasteiger partial charge in [-0.25, -0.2) is 4.98 Å². The van der Waals surface area contributed by atoms with Crippen LogP contribution >= 0.6 is 11.6 Å². The molecule has 5 rings (SSSR count). The quantitative estimate of drug-likeness (QED) is 0.384. The molecular formula is C25H31ClN6O4. The number of carboxylic acid groups (broad SMARTS) is 1. The minimum absolute atomic E-state index is 0.0302. The summed E-state index contributed by atoms with van der Waals surface area (Å²) < 4.78 is 6.96. The molecule has 1 aliphatic carbocycles. The number of carbonyl (C=O) groups is 1. The lowest BCUT2D eigenvalue weighted by Crippen LogP contribution is -2.51. The topological polar surface area (TPSA) is 122 Å². The highest BCUT2D eigenvalue weighted by atomic mass is 35.5. The molecule has 2 fully saturated rings. The Morgan fingerprint density at radius 1 is 1.31 bits per heavy atom. The van der Waals surface area contributed by atoms with Gasteiger partial charge < -0.3 is 29.9 Å². The van der Waals surface area contributed by atoms with Crippen LogP contribution < -0.4 is 21.1 Å². The van der Waals surface area contributed by atoms with Crippen molar-refractivity contribution >= 4 is 52.1 Å². The maximum Gasteiger partial charge on any atom is 0.290 e. The van der Waals surface area contributed by atoms with E-state index in [0.717, 1.165) is 35.2 Å². The van der Waals surface area contributed by atoms with Gasteiger partial charge in [-0.05, 0) is 50.3 Å². The molecule has 3 heterocycles. The van der Waals surface area contributed by atoms with Crippen LogP contribution in [0.3, 0.4) is 0 Å². The van der Waals surface area contributed by atoms with Crippen LogP contribution in [0.4, 0.5) is 23.1 Å². The van der Waals surface area contributed by atoms with Crippen LogP contribution in [-0.2, 0) is 16.6 Å². The first-order valence-corrected chi connectivity index (χ1v) is 12.3. The Hall–Kier alpha value is -3.37. The summed E-state index contributed by atoms with van der Waals surface area (Å²) in [6.07, 6.45) is 5.16. The standard InChI is InChI=1S/C24H29ClN6O2.CH2O2/c1-14(15-4-5-15)27-20-11-22(32)30(2)21-7-6-16(10-18(20)21)28-23-19(25)12-26-24(29-23)31-9-8-17(31)13-33-3;2-1-3/h6-7,10-12,14-15,17,27H,4-5,8-9,13H2,1-3H3,(H,26,28,29);1H,(H,2,3)/t14-,17?;/m1./s1. The lowest BCUT2D eigenvalue weighted by molar-refractivity contribution is -0.122. The van der Waals surface area contributed by atoms with Crippen molar-refractivity contribution in [2.75, 3.05) is 35.8 Å². The van der Waals surface area contributed by atoms with Crippen LogP contribution in [0.15, 0.2) is 35.3 Å². The lowest BCUT2D eigenvalue weighted by atomic mass is 10.1. The number of benzene rings is 1. The number of methoxy groups -OCH3 is 1. The van der Waals surface area contributed by atoms with Gasteiger partial charge in [0, 0.05) is 49.6 Å². The summed E-state index contributed by atoms with van der Waals surface area (Å²) in [5.41, 5.74) is 2.54. The van der Waals surface area contributed by atoms with Gasteiger partial charge in [0.05, 0.1) is 24.4 Å². The Kier molecular flexibility index (Phi) is 7.95. The van der Waals surface area contributed by atoms with Crippen molar-refractivity contribution in [1.29, 1.82) is 0 Å². The average molecular weight is 515 g/mol. The smallest absolute Gasteiger partial charge is 0.290 e. The van der Waals surface area contributed by atoms with Crippen LogP contribution in [0.1, 0.15) is 26.2 Å². The fraction of sp³-hybridized carbons (Fsp3) is 0.440. The molecule has 2 atom stereocenters. The number of hydrogen-bond donors (Lipinski definition) is 3. The van der Waals surface area contributed by atoms with E-state index < -0.39 is 0 Å². The van der Waals surface area contributed by atoms with Gasteiger partial charge in [0.2, 0.25) is 5.95 Å². The average Bonchev–Trinajstić information content (AvgIpc) is 3.68. The van der Waals surface area contributed by atoms with E-state index in [9.17, 15) is 4.79 Å². The normalized spacial score (nSPS) is 17.6. The predicted molar refractivity (Wildman–Crippen MR) is 142 cm³/mol. The number of aryl methyl sites for hydroxylation is 1. The zero-order valence-corrected chi connectivity index (χ0v) is 21.3. The van der Waals surface area contributed by atoms with E-state index in [-0.39, 0.29) is 18.1 Å². The number of nitrogens with one attached hydrogen (secondary N) is 2. The highest BCUT2D eigenvalue weighted by Gasteiger charge is 2.30. The van der Waals surface area contributed by atoms with Gasteiger partial charge in [-0.3, -0.25) is 9.59 Å². The second-order valence-electron chi connectivity index (χ2n) is 9.15. The molecule has 10 nitrogen and oxygen atoms in total. The van der Waals surface area contributed by atoms with Crippen molar-refractivity contribution < 1.29 is 14.6 Å². The molecule has 0 amide bonds. The molecule has 192 valence electrons. The van der Waals surface area contributed by atoms with Crippen LogP contribution in [0.25, 0.3) is 10.9 Å². The molecule has 0 bridgehead atoms. The van der Waals surface area contributed by atoms with Gasteiger partial charge in [0.15, 0.2) is 5.82 Å². The third-order valence-electron chi connectivity index (χ3n) is 6.71. The molecule has 11 heteroatoms. The number of fused-ring (bicyclic) bond motifs is 1. The minimum Gasteiger partial charge on any atom is -0.483 e. The molecule has 1 saturated heterocycles. The lowest BCUT2D eigenvalue weighted by Gasteiger charge is -2.40. The first-order chi connectivity index (χ1) is 17.4. The van der Waals surface area contributed by atoms with Crippen LogP contribution in [0.5, 0.6) is 0 Å². The van der Waals surface area contributed by atoms with Gasteiger partial charge in [0.1, 0.15) is 5.02 Å². The largest absolute Gasteiger partial charge is 0.483 e. The van der Waals surface area contributed by atoms with E-state index in [0.29, 0.717) is 35.4 Å². The van der Waals surface area contributed by atoms with Gasteiger partial charge in [-0.2, -0.15) is 4.98 Å². The molecule has 2 aromatic heterocycles. The molecular weight excluding hydrogens is 484 g/mol. The molecule has 1 aromatic carbocycles. The highest BCUT2D eigenvalue weighted by molar-refractivity contribution is 6.32. The highest BCUT2D eigenvalue weighted by Crippen LogP contribution is 2.36. The molecule has 3 aromatic rings. The Morgan fingerprint density at radius 3 is 2.69 bits per heavy atom. The zero-order chi connectivity index (χ0) is 25.8. The number of rotatable bonds is 8. The maximum absolute atomic E-state index is 12.5. The second kappa shape index (κ2) is 11.1. The molecule has 0 spiro atoms. The Balaban J connectivity index is 0.000000967. The van der Waals surface area contributed by atoms with E-state index in [4.69, 9.17) is 26.2 Å². The fourth-order valence-corrected chi connectivity index (χ4v) is 4.55. The summed E-state index contributed by atoms with van der Waals surface area (Å²) in [5, 5.41) is 15.2. The van der Waals surface area contributed by atoms with Gasteiger partial charge >= 0.3 is 0 Å². The third kappa shape index (κ3) is 5.55. The van der Waals surface area contributed by atoms with Crippen LogP contribution in [0, 0.1) is 5.92 Å². The molecule has 36 heavy (non-hydrogen) atoms. The summed E-state index contributed by atoms with van der Waals surface area (Å²) in [7, 11) is 3.50. The molecule has 0 radical (unpaired) electrons. The number of nitrogens with zero attached hydrogens (tertiary/aromatic N) is 4. The summed E-state index contributed by atoms with van der Waals surface area (Å²) in [6.45, 7) is 3.47. The first kappa shape index (κ1) is 25.7. The van der Waals surface area contributed by atoms with Crippen LogP contribution in [-0.4, -0.2) is 58.5 Å². The number of ether oxygens (including phenoxy) is 1. The Labute approximate surface area is 214 Å². The van der Waals surface area contributed by atoms with Crippen molar-refractivity contribution in [2.24, 2.45) is 13.0 Å². The number of pyridine rings is 1. The van der Waals surface area contributed by atoms with E-state index in [1.54, 1.807) is 31.0 Å². The van der Waals surface area contributed by atoms with E-state index >= 15 is 0 Å². The maximum atomic E-state index is 12.5. The van der Waals surface area contributed by atoms with Gasteiger partial charge in [-0.1, -0.05) is 11.6 Å². The first-order valence-electron chi connectivity index (χ1n) is 11.9. The zero-order valence-electron chi connectivity index (χ0n) is 20.6. The van der Waals surface area contributed by atoms with Gasteiger partial charge in [0.25, 0.3) is 12.0 Å². The number of aromatic nitrogens is 3. The summed E-state index contributed by atoms with van der Waals surface area (Å²) in [4.78, 5) is 32.1. The second-order valence-corrected chi connectivity index (χ2v) is 9.55. The van der Waals surface area contributed by atoms with Crippen molar-refractivity contribution in [3.05, 3.63) is 45.8 Å². The van der Waals surface area contributed by atoms with E-state index in [1.165, 1.54) is 12.8 Å². The van der Waals surface area contributed by atoms with Gasteiger partial charge in [-0.15, -0.1) is 0 Å². The monoisotopic (exact) mass is 514 g/mol. The van der Waals surface area contributed by atoms with Crippen molar-refractivity contribution in [3.8, 4) is 0 Å².